The fraction of sp³-hybridized carbons (Fsp3) is 0.111. The third-order valence-corrected chi connectivity index (χ3v) is 5.60. The molecule has 172 valence electrons. The fourth-order valence-electron chi connectivity index (χ4n) is 3.47. The number of nitrogens with one attached hydrogen (secondary N) is 1. The van der Waals surface area contributed by atoms with E-state index < -0.39 is 0 Å². The normalized spacial score (nSPS) is 11.0. The molecule has 0 aliphatic carbocycles. The Balaban J connectivity index is 1.50. The summed E-state index contributed by atoms with van der Waals surface area (Å²) in [4.78, 5) is 12.2. The molecule has 0 saturated heterocycles. The highest BCUT2D eigenvalue weighted by Gasteiger charge is 2.13. The summed E-state index contributed by atoms with van der Waals surface area (Å²) in [6.07, 6.45) is 1.50. The largest absolute Gasteiger partial charge is 0.490 e. The molecule has 4 aromatic carbocycles. The maximum atomic E-state index is 12.2. The van der Waals surface area contributed by atoms with Crippen LogP contribution in [0.5, 0.6) is 11.5 Å². The average Bonchev–Trinajstić information content (AvgIpc) is 2.84. The summed E-state index contributed by atoms with van der Waals surface area (Å²) < 4.78 is 11.9. The lowest BCUT2D eigenvalue weighted by atomic mass is 10.1. The van der Waals surface area contributed by atoms with E-state index in [9.17, 15) is 4.79 Å². The number of hydrazone groups is 1. The Morgan fingerprint density at radius 1 is 0.971 bits per heavy atom. The van der Waals surface area contributed by atoms with Crippen molar-refractivity contribution >= 4 is 46.1 Å². The number of nitrogens with zero attached hydrogens (tertiary/aromatic N) is 1. The summed E-state index contributed by atoms with van der Waals surface area (Å²) in [6, 6.07) is 24.3. The summed E-state index contributed by atoms with van der Waals surface area (Å²) in [5.74, 6) is 0.610. The van der Waals surface area contributed by atoms with E-state index in [2.05, 4.69) is 28.7 Å². The van der Waals surface area contributed by atoms with Gasteiger partial charge in [-0.3, -0.25) is 4.79 Å². The van der Waals surface area contributed by atoms with Crippen molar-refractivity contribution in [3.05, 3.63) is 106 Å². The van der Waals surface area contributed by atoms with Crippen molar-refractivity contribution < 1.29 is 14.3 Å². The number of carbonyl (C=O) groups excluding carboxylic acids is 1. The lowest BCUT2D eigenvalue weighted by Crippen LogP contribution is -2.17. The van der Waals surface area contributed by atoms with Crippen molar-refractivity contribution in [3.8, 4) is 11.5 Å². The van der Waals surface area contributed by atoms with Crippen LogP contribution in [0.1, 0.15) is 28.4 Å². The predicted octanol–water partition coefficient (Wildman–Crippen LogP) is 6.89. The number of hydrogen-bond acceptors (Lipinski definition) is 4. The van der Waals surface area contributed by atoms with Gasteiger partial charge in [-0.25, -0.2) is 5.43 Å². The van der Waals surface area contributed by atoms with Crippen LogP contribution in [0, 0.1) is 0 Å². The van der Waals surface area contributed by atoms with Crippen LogP contribution in [0.4, 0.5) is 0 Å². The molecule has 0 spiro atoms. The Labute approximate surface area is 207 Å². The van der Waals surface area contributed by atoms with Crippen molar-refractivity contribution in [1.82, 2.24) is 5.43 Å². The molecule has 5 nitrogen and oxygen atoms in total. The molecule has 34 heavy (non-hydrogen) atoms. The lowest BCUT2D eigenvalue weighted by Gasteiger charge is -2.15. The summed E-state index contributed by atoms with van der Waals surface area (Å²) in [5, 5.41) is 7.24. The second-order valence-corrected chi connectivity index (χ2v) is 8.24. The molecular weight excluding hydrogens is 471 g/mol. The van der Waals surface area contributed by atoms with Crippen molar-refractivity contribution in [2.75, 3.05) is 6.61 Å². The van der Waals surface area contributed by atoms with E-state index in [1.54, 1.807) is 36.4 Å². The maximum Gasteiger partial charge on any atom is 0.271 e. The van der Waals surface area contributed by atoms with Crippen LogP contribution in [0.3, 0.4) is 0 Å². The molecular formula is C27H22Cl2N2O3. The smallest absolute Gasteiger partial charge is 0.271 e. The zero-order valence-electron chi connectivity index (χ0n) is 18.4. The highest BCUT2D eigenvalue weighted by molar-refractivity contribution is 6.32. The average molecular weight is 493 g/mol. The zero-order valence-corrected chi connectivity index (χ0v) is 19.9. The number of carbonyl (C=O) groups is 1. The van der Waals surface area contributed by atoms with Crippen LogP contribution < -0.4 is 14.9 Å². The van der Waals surface area contributed by atoms with Gasteiger partial charge in [0.05, 0.1) is 17.8 Å². The first-order valence-electron chi connectivity index (χ1n) is 10.7. The van der Waals surface area contributed by atoms with Crippen molar-refractivity contribution in [3.63, 3.8) is 0 Å². The number of hydrogen-bond donors (Lipinski definition) is 1. The topological polar surface area (TPSA) is 59.9 Å². The molecule has 0 aliphatic heterocycles. The van der Waals surface area contributed by atoms with Crippen LogP contribution in [0.25, 0.3) is 10.8 Å². The van der Waals surface area contributed by atoms with Crippen molar-refractivity contribution in [2.24, 2.45) is 5.10 Å². The van der Waals surface area contributed by atoms with E-state index in [1.165, 1.54) is 6.21 Å². The van der Waals surface area contributed by atoms with E-state index in [0.717, 1.165) is 16.3 Å². The molecule has 0 fully saturated rings. The first kappa shape index (κ1) is 23.6. The second kappa shape index (κ2) is 11.1. The first-order chi connectivity index (χ1) is 16.5. The number of benzene rings is 4. The third kappa shape index (κ3) is 5.68. The van der Waals surface area contributed by atoms with Gasteiger partial charge in [-0.15, -0.1) is 0 Å². The Morgan fingerprint density at radius 3 is 2.53 bits per heavy atom. The van der Waals surface area contributed by atoms with Gasteiger partial charge in [0.15, 0.2) is 11.5 Å². The molecule has 0 unspecified atom stereocenters. The minimum atomic E-state index is -0.348. The lowest BCUT2D eigenvalue weighted by molar-refractivity contribution is 0.0955. The molecule has 0 aromatic heterocycles. The Hall–Kier alpha value is -3.54. The molecule has 0 saturated carbocycles. The number of ether oxygens (including phenoxy) is 2. The molecule has 1 amide bonds. The summed E-state index contributed by atoms with van der Waals surface area (Å²) in [6.45, 7) is 2.66. The molecule has 0 aliphatic rings. The molecule has 4 rings (SSSR count). The van der Waals surface area contributed by atoms with Gasteiger partial charge in [0.25, 0.3) is 5.91 Å². The standard InChI is InChI=1S/C27H22Cl2N2O3/c1-2-33-25-15-18(16-30-31-27(32)20-10-12-22(28)13-11-20)14-24(29)26(25)34-17-21-8-5-7-19-6-3-4-9-23(19)21/h3-16H,2,17H2,1H3,(H,31,32)/b30-16-. The van der Waals surface area contributed by atoms with E-state index in [-0.39, 0.29) is 5.91 Å². The van der Waals surface area contributed by atoms with Crippen molar-refractivity contribution in [1.29, 1.82) is 0 Å². The Morgan fingerprint density at radius 2 is 1.74 bits per heavy atom. The van der Waals surface area contributed by atoms with Crippen LogP contribution in [-0.4, -0.2) is 18.7 Å². The first-order valence-corrected chi connectivity index (χ1v) is 11.5. The minimum absolute atomic E-state index is 0.339. The number of amides is 1. The fourth-order valence-corrected chi connectivity index (χ4v) is 3.86. The SMILES string of the molecule is CCOc1cc(/C=N\NC(=O)c2ccc(Cl)cc2)cc(Cl)c1OCc1cccc2ccccc12. The summed E-state index contributed by atoms with van der Waals surface area (Å²) in [7, 11) is 0. The molecule has 4 aromatic rings. The Bertz CT molecular complexity index is 1330. The maximum absolute atomic E-state index is 12.2. The Kier molecular flexibility index (Phi) is 7.68. The third-order valence-electron chi connectivity index (χ3n) is 5.07. The van der Waals surface area contributed by atoms with Crippen molar-refractivity contribution in [2.45, 2.75) is 13.5 Å². The molecule has 0 bridgehead atoms. The predicted molar refractivity (Wildman–Crippen MR) is 137 cm³/mol. The van der Waals surface area contributed by atoms with Gasteiger partial charge in [-0.1, -0.05) is 65.7 Å². The van der Waals surface area contributed by atoms with Gasteiger partial charge in [-0.2, -0.15) is 5.10 Å². The quantitative estimate of drug-likeness (QED) is 0.215. The van der Waals surface area contributed by atoms with Gasteiger partial charge in [0.1, 0.15) is 6.61 Å². The number of halogens is 2. The molecule has 0 heterocycles. The van der Waals surface area contributed by atoms with E-state index in [1.807, 2.05) is 31.2 Å². The van der Waals surface area contributed by atoms with Crippen LogP contribution >= 0.6 is 23.2 Å². The van der Waals surface area contributed by atoms with Crippen LogP contribution in [-0.2, 0) is 6.61 Å². The molecule has 7 heteroatoms. The molecule has 0 atom stereocenters. The van der Waals surface area contributed by atoms with Crippen LogP contribution in [0.15, 0.2) is 84.0 Å². The van der Waals surface area contributed by atoms with Gasteiger partial charge >= 0.3 is 0 Å². The summed E-state index contributed by atoms with van der Waals surface area (Å²) in [5.41, 5.74) is 4.64. The highest BCUT2D eigenvalue weighted by Crippen LogP contribution is 2.37. The van der Waals surface area contributed by atoms with E-state index in [4.69, 9.17) is 32.7 Å². The summed E-state index contributed by atoms with van der Waals surface area (Å²) >= 11 is 12.4. The van der Waals surface area contributed by atoms with E-state index in [0.29, 0.717) is 45.9 Å². The van der Waals surface area contributed by atoms with Gasteiger partial charge < -0.3 is 9.47 Å². The van der Waals surface area contributed by atoms with Gasteiger partial charge in [0.2, 0.25) is 0 Å². The van der Waals surface area contributed by atoms with Gasteiger partial charge in [-0.05, 0) is 65.2 Å². The monoisotopic (exact) mass is 492 g/mol. The van der Waals surface area contributed by atoms with E-state index >= 15 is 0 Å². The van der Waals surface area contributed by atoms with Gasteiger partial charge in [0, 0.05) is 10.6 Å². The second-order valence-electron chi connectivity index (χ2n) is 7.40. The number of fused-ring (bicyclic) bond motifs is 1. The van der Waals surface area contributed by atoms with Crippen LogP contribution in [0.2, 0.25) is 10.0 Å². The molecule has 1 N–H and O–H groups in total. The number of rotatable bonds is 8. The molecule has 0 radical (unpaired) electrons. The zero-order chi connectivity index (χ0) is 23.9. The minimum Gasteiger partial charge on any atom is -0.490 e. The highest BCUT2D eigenvalue weighted by atomic mass is 35.5.